The molecule has 10 heteroatoms. The first-order chi connectivity index (χ1) is 14.5. The average molecular weight is 454 g/mol. The zero-order valence-corrected chi connectivity index (χ0v) is 18.8. The largest absolute Gasteiger partial charge is 0.454 e. The van der Waals surface area contributed by atoms with Crippen molar-refractivity contribution in [3.63, 3.8) is 0 Å². The summed E-state index contributed by atoms with van der Waals surface area (Å²) in [5.74, 6) is -1.21. The smallest absolute Gasteiger partial charge is 0.329 e. The molecule has 2 rings (SSSR count). The van der Waals surface area contributed by atoms with Crippen molar-refractivity contribution < 1.29 is 24.0 Å². The molecule has 1 aliphatic heterocycles. The van der Waals surface area contributed by atoms with Crippen molar-refractivity contribution in [1.29, 1.82) is 0 Å². The van der Waals surface area contributed by atoms with Gasteiger partial charge in [0.15, 0.2) is 6.61 Å². The molecule has 2 amide bonds. The molecule has 0 saturated carbocycles. The van der Waals surface area contributed by atoms with Crippen LogP contribution in [-0.4, -0.2) is 53.3 Å². The van der Waals surface area contributed by atoms with Crippen LogP contribution in [-0.2, 0) is 14.3 Å². The number of esters is 1. The minimum absolute atomic E-state index is 0.00177. The number of benzene rings is 1. The summed E-state index contributed by atoms with van der Waals surface area (Å²) in [6, 6.07) is 2.44. The summed E-state index contributed by atoms with van der Waals surface area (Å²) in [5.41, 5.74) is -0.251. The summed E-state index contributed by atoms with van der Waals surface area (Å²) in [5, 5.41) is 13.3. The van der Waals surface area contributed by atoms with Crippen molar-refractivity contribution in [1.82, 2.24) is 10.2 Å². The van der Waals surface area contributed by atoms with Crippen LogP contribution in [0.1, 0.15) is 44.5 Å². The highest BCUT2D eigenvalue weighted by Gasteiger charge is 2.30. The maximum absolute atomic E-state index is 12.6. The van der Waals surface area contributed by atoms with Crippen molar-refractivity contribution in [3.05, 3.63) is 38.9 Å². The second-order valence-electron chi connectivity index (χ2n) is 8.47. The van der Waals surface area contributed by atoms with Crippen LogP contribution in [0.25, 0.3) is 0 Å². The number of nitro benzene ring substituents is 1. The van der Waals surface area contributed by atoms with Crippen LogP contribution in [0.2, 0.25) is 5.02 Å². The van der Waals surface area contributed by atoms with Gasteiger partial charge in [0.05, 0.1) is 15.5 Å². The molecule has 1 aliphatic rings. The predicted molar refractivity (Wildman–Crippen MR) is 115 cm³/mol. The third-order valence-corrected chi connectivity index (χ3v) is 5.49. The summed E-state index contributed by atoms with van der Waals surface area (Å²) in [6.45, 7) is 8.47. The number of nitrogens with one attached hydrogen (secondary N) is 1. The Morgan fingerprint density at radius 1 is 1.26 bits per heavy atom. The number of non-ortho nitro benzene ring substituents is 1. The van der Waals surface area contributed by atoms with E-state index in [1.54, 1.807) is 18.7 Å². The monoisotopic (exact) mass is 453 g/mol. The van der Waals surface area contributed by atoms with Gasteiger partial charge < -0.3 is 15.0 Å². The molecule has 1 fully saturated rings. The average Bonchev–Trinajstić information content (AvgIpc) is 2.68. The Balaban J connectivity index is 2.00. The van der Waals surface area contributed by atoms with Crippen molar-refractivity contribution in [3.8, 4) is 0 Å². The Morgan fingerprint density at radius 2 is 1.87 bits per heavy atom. The van der Waals surface area contributed by atoms with Crippen LogP contribution in [0.5, 0.6) is 0 Å². The lowest BCUT2D eigenvalue weighted by molar-refractivity contribution is -0.384. The van der Waals surface area contributed by atoms with Gasteiger partial charge in [-0.05, 0) is 30.2 Å². The topological polar surface area (TPSA) is 119 Å². The molecule has 1 N–H and O–H groups in total. The van der Waals surface area contributed by atoms with Gasteiger partial charge in [0.1, 0.15) is 6.04 Å². The first-order valence-electron chi connectivity index (χ1n) is 10.2. The molecule has 3 unspecified atom stereocenters. The third-order valence-electron chi connectivity index (χ3n) is 5.17. The fourth-order valence-corrected chi connectivity index (χ4v) is 3.96. The molecule has 1 heterocycles. The molecule has 1 aromatic carbocycles. The standard InChI is InChI=1S/C21H28ClN3O6/c1-12(2)19(23-20(27)16-6-5-15(25(29)30)8-17(16)22)21(28)31-11-18(26)24-9-13(3)7-14(4)10-24/h5-6,8,12-14,19H,7,9-11H2,1-4H3,(H,23,27). The van der Waals surface area contributed by atoms with Gasteiger partial charge in [-0.2, -0.15) is 0 Å². The van der Waals surface area contributed by atoms with Crippen molar-refractivity contribution >= 4 is 35.1 Å². The number of nitrogens with zero attached hydrogens (tertiary/aromatic N) is 2. The summed E-state index contributed by atoms with van der Waals surface area (Å²) < 4.78 is 5.20. The highest BCUT2D eigenvalue weighted by Crippen LogP contribution is 2.23. The van der Waals surface area contributed by atoms with Gasteiger partial charge in [-0.25, -0.2) is 4.79 Å². The lowest BCUT2D eigenvalue weighted by Gasteiger charge is -2.35. The number of carbonyl (C=O) groups is 3. The Bertz CT molecular complexity index is 850. The summed E-state index contributed by atoms with van der Waals surface area (Å²) in [4.78, 5) is 49.5. The molecule has 9 nitrogen and oxygen atoms in total. The number of hydrogen-bond acceptors (Lipinski definition) is 6. The molecule has 3 atom stereocenters. The molecule has 0 spiro atoms. The summed E-state index contributed by atoms with van der Waals surface area (Å²) in [6.07, 6.45) is 1.05. The first-order valence-corrected chi connectivity index (χ1v) is 10.6. The second kappa shape index (κ2) is 10.6. The van der Waals surface area contributed by atoms with Gasteiger partial charge in [-0.3, -0.25) is 19.7 Å². The van der Waals surface area contributed by atoms with Gasteiger partial charge in [0.2, 0.25) is 0 Å². The minimum atomic E-state index is -1.01. The fourth-order valence-electron chi connectivity index (χ4n) is 3.70. The van der Waals surface area contributed by atoms with Gasteiger partial charge in [0, 0.05) is 25.2 Å². The highest BCUT2D eigenvalue weighted by molar-refractivity contribution is 6.34. The van der Waals surface area contributed by atoms with E-state index >= 15 is 0 Å². The second-order valence-corrected chi connectivity index (χ2v) is 8.88. The highest BCUT2D eigenvalue weighted by atomic mass is 35.5. The van der Waals surface area contributed by atoms with Gasteiger partial charge in [0.25, 0.3) is 17.5 Å². The van der Waals surface area contributed by atoms with Gasteiger partial charge in [-0.15, -0.1) is 0 Å². The summed E-state index contributed by atoms with van der Waals surface area (Å²) >= 11 is 5.99. The number of likely N-dealkylation sites (tertiary alicyclic amines) is 1. The van der Waals surface area contributed by atoms with E-state index in [0.717, 1.165) is 18.6 Å². The lowest BCUT2D eigenvalue weighted by atomic mass is 9.92. The Kier molecular flexibility index (Phi) is 8.38. The summed E-state index contributed by atoms with van der Waals surface area (Å²) in [7, 11) is 0. The molecule has 31 heavy (non-hydrogen) atoms. The van der Waals surface area contributed by atoms with Crippen molar-refractivity contribution in [2.75, 3.05) is 19.7 Å². The normalized spacial score (nSPS) is 19.6. The van der Waals surface area contributed by atoms with Gasteiger partial charge in [-0.1, -0.05) is 39.3 Å². The fraction of sp³-hybridized carbons (Fsp3) is 0.571. The van der Waals surface area contributed by atoms with Crippen LogP contribution in [0.4, 0.5) is 5.69 Å². The van der Waals surface area contributed by atoms with Crippen LogP contribution >= 0.6 is 11.6 Å². The van der Waals surface area contributed by atoms with E-state index in [-0.39, 0.29) is 28.1 Å². The van der Waals surface area contributed by atoms with Crippen molar-refractivity contribution in [2.24, 2.45) is 17.8 Å². The van der Waals surface area contributed by atoms with Crippen molar-refractivity contribution in [2.45, 2.75) is 40.2 Å². The van der Waals surface area contributed by atoms with E-state index in [2.05, 4.69) is 19.2 Å². The molecular weight excluding hydrogens is 426 g/mol. The zero-order valence-electron chi connectivity index (χ0n) is 18.1. The maximum atomic E-state index is 12.6. The Hall–Kier alpha value is -2.68. The number of rotatable bonds is 7. The Morgan fingerprint density at radius 3 is 2.39 bits per heavy atom. The molecule has 0 aliphatic carbocycles. The lowest BCUT2D eigenvalue weighted by Crippen LogP contribution is -2.48. The molecule has 0 radical (unpaired) electrons. The first kappa shape index (κ1) is 24.6. The minimum Gasteiger partial charge on any atom is -0.454 e. The predicted octanol–water partition coefficient (Wildman–Crippen LogP) is 3.05. The van der Waals surface area contributed by atoms with E-state index in [4.69, 9.17) is 16.3 Å². The van der Waals surface area contributed by atoms with Gasteiger partial charge >= 0.3 is 5.97 Å². The van der Waals surface area contributed by atoms with E-state index in [9.17, 15) is 24.5 Å². The molecule has 1 aromatic rings. The number of halogens is 1. The van der Waals surface area contributed by atoms with E-state index in [1.165, 1.54) is 6.07 Å². The number of piperidine rings is 1. The van der Waals surface area contributed by atoms with E-state index < -0.39 is 29.4 Å². The molecule has 0 bridgehead atoms. The van der Waals surface area contributed by atoms with Crippen LogP contribution in [0.15, 0.2) is 18.2 Å². The number of ether oxygens (including phenoxy) is 1. The van der Waals surface area contributed by atoms with E-state index in [1.807, 2.05) is 0 Å². The molecule has 0 aromatic heterocycles. The van der Waals surface area contributed by atoms with E-state index in [0.29, 0.717) is 24.9 Å². The SMILES string of the molecule is CC1CC(C)CN(C(=O)COC(=O)C(NC(=O)c2ccc([N+](=O)[O-])cc2Cl)C(C)C)C1. The number of nitro groups is 1. The number of hydrogen-bond donors (Lipinski definition) is 1. The quantitative estimate of drug-likeness (QED) is 0.385. The van der Waals surface area contributed by atoms with Crippen LogP contribution < -0.4 is 5.32 Å². The van der Waals surface area contributed by atoms with Crippen LogP contribution in [0, 0.1) is 27.9 Å². The number of carbonyl (C=O) groups excluding carboxylic acids is 3. The molecule has 170 valence electrons. The molecular formula is C21H28ClN3O6. The van der Waals surface area contributed by atoms with Crippen LogP contribution in [0.3, 0.4) is 0 Å². The molecule has 1 saturated heterocycles. The Labute approximate surface area is 186 Å². The maximum Gasteiger partial charge on any atom is 0.329 e. The third kappa shape index (κ3) is 6.65. The number of amides is 2. The zero-order chi connectivity index (χ0) is 23.3.